The predicted octanol–water partition coefficient (Wildman–Crippen LogP) is -2.25. The summed E-state index contributed by atoms with van der Waals surface area (Å²) in [5.41, 5.74) is 0. The summed E-state index contributed by atoms with van der Waals surface area (Å²) in [6.07, 6.45) is 0. The number of rotatable bonds is 0. The van der Waals surface area contributed by atoms with Gasteiger partial charge in [0.25, 0.3) is 42.0 Å². The third kappa shape index (κ3) is 14200. The van der Waals surface area contributed by atoms with Gasteiger partial charge in [-0.3, -0.25) is 0 Å². The van der Waals surface area contributed by atoms with E-state index in [1.165, 1.54) is 0 Å². The first-order valence-electron chi connectivity index (χ1n) is 2.62. The quantitative estimate of drug-likeness (QED) is 0.235. The fraction of sp³-hybridized carbons (Fsp3) is 0. The van der Waals surface area contributed by atoms with E-state index in [0.29, 0.717) is 0 Å². The third-order valence-electron chi connectivity index (χ3n) is 0. The monoisotopic (exact) mass is 408 g/mol. The van der Waals surface area contributed by atoms with Crippen molar-refractivity contribution in [2.75, 3.05) is 0 Å². The van der Waals surface area contributed by atoms with Crippen molar-refractivity contribution in [2.24, 2.45) is 0 Å². The van der Waals surface area contributed by atoms with Crippen LogP contribution in [0.5, 0.6) is 0 Å². The largest absolute Gasteiger partial charge is 4.00 e. The zero-order valence-corrected chi connectivity index (χ0v) is 11.8. The van der Waals surface area contributed by atoms with E-state index < -0.39 is 42.0 Å². The van der Waals surface area contributed by atoms with Gasteiger partial charge in [0, 0.05) is 0 Å². The molecule has 0 unspecified atom stereocenters. The van der Waals surface area contributed by atoms with Gasteiger partial charge in [-0.1, -0.05) is 0 Å². The van der Waals surface area contributed by atoms with E-state index in [0.717, 1.165) is 0 Å². The third-order valence-corrected chi connectivity index (χ3v) is 0. The Labute approximate surface area is 117 Å². The zero-order chi connectivity index (χ0) is 18.0. The van der Waals surface area contributed by atoms with Crippen molar-refractivity contribution in [1.29, 1.82) is 0 Å². The Hall–Kier alpha value is -0.640. The molecule has 12 nitrogen and oxygen atoms in total. The molecule has 0 aromatic carbocycles. The van der Waals surface area contributed by atoms with Crippen molar-refractivity contribution in [3.05, 3.63) is 7.43 Å². The first kappa shape index (κ1) is 32.3. The molecule has 0 aliphatic rings. The standard InChI is InChI=1S/C.4FHO3S/c;4*1-5(2,3)4/h;4*(H,2,3,4)/q+4;;;;/p-4. The summed E-state index contributed by atoms with van der Waals surface area (Å²) in [4.78, 5) is 0. The molecule has 0 bridgehead atoms. The van der Waals surface area contributed by atoms with Crippen molar-refractivity contribution in [2.45, 2.75) is 0 Å². The van der Waals surface area contributed by atoms with Crippen molar-refractivity contribution >= 4 is 42.0 Å². The van der Waals surface area contributed by atoms with Crippen LogP contribution in [0.3, 0.4) is 0 Å². The summed E-state index contributed by atoms with van der Waals surface area (Å²) in [6, 6.07) is 0. The van der Waals surface area contributed by atoms with Gasteiger partial charge in [-0.2, -0.15) is 0 Å². The molecule has 0 saturated carbocycles. The minimum absolute atomic E-state index is 0. The average Bonchev–Trinajstić information content (AvgIpc) is 1.62. The first-order valence-corrected chi connectivity index (χ1v) is 7.85. The number of hydrogen-bond acceptors (Lipinski definition) is 12. The van der Waals surface area contributed by atoms with Crippen LogP contribution < -0.4 is 0 Å². The Morgan fingerprint density at radius 3 is 0.429 bits per heavy atom. The zero-order valence-electron chi connectivity index (χ0n) is 8.54. The van der Waals surface area contributed by atoms with Gasteiger partial charge < -0.3 is 18.2 Å². The normalized spacial score (nSPS) is 11.0. The van der Waals surface area contributed by atoms with Crippen LogP contribution in [0.2, 0.25) is 0 Å². The van der Waals surface area contributed by atoms with Gasteiger partial charge in [0.2, 0.25) is 0 Å². The van der Waals surface area contributed by atoms with Crippen LogP contribution in [0.15, 0.2) is 0 Å². The first-order chi connectivity index (χ1) is 8.00. The van der Waals surface area contributed by atoms with Gasteiger partial charge >= 0.3 is 7.43 Å². The second kappa shape index (κ2) is 12.0. The summed E-state index contributed by atoms with van der Waals surface area (Å²) in [5, 5.41) is 0. The van der Waals surface area contributed by atoms with E-state index in [-0.39, 0.29) is 7.43 Å². The molecule has 0 saturated heterocycles. The van der Waals surface area contributed by atoms with Crippen LogP contribution in [0, 0.1) is 7.43 Å². The van der Waals surface area contributed by atoms with Gasteiger partial charge in [-0.25, -0.2) is 33.7 Å². The SMILES string of the molecule is O=S(=O)([O-])F.O=S(=O)([O-])F.O=S(=O)([O-])F.O=S(=O)([O-])F.[C+4]. The minimum atomic E-state index is -5.42. The summed E-state index contributed by atoms with van der Waals surface area (Å²) in [7, 11) is -21.7. The van der Waals surface area contributed by atoms with Gasteiger partial charge in [-0.15, -0.1) is 15.5 Å². The minimum Gasteiger partial charge on any atom is -0.722 e. The molecule has 0 spiro atoms. The van der Waals surface area contributed by atoms with Crippen LogP contribution in [0.1, 0.15) is 0 Å². The Morgan fingerprint density at radius 1 is 0.429 bits per heavy atom. The maximum atomic E-state index is 10.1. The predicted molar refractivity (Wildman–Crippen MR) is 46.5 cm³/mol. The van der Waals surface area contributed by atoms with Crippen molar-refractivity contribution in [3.8, 4) is 0 Å². The number of hydrogen-bond donors (Lipinski definition) is 0. The fourth-order valence-electron chi connectivity index (χ4n) is 0. The van der Waals surface area contributed by atoms with Crippen molar-refractivity contribution in [3.63, 3.8) is 0 Å². The van der Waals surface area contributed by atoms with Crippen LogP contribution in [-0.2, 0) is 42.0 Å². The summed E-state index contributed by atoms with van der Waals surface area (Å²) in [6.45, 7) is 0. The van der Waals surface area contributed by atoms with Gasteiger partial charge in [-0.05, 0) is 0 Å². The Bertz CT molecular complexity index is 486. The molecule has 0 heterocycles. The molecule has 20 heteroatoms. The molecule has 21 heavy (non-hydrogen) atoms. The smallest absolute Gasteiger partial charge is 0.722 e. The van der Waals surface area contributed by atoms with Gasteiger partial charge in [0.05, 0.1) is 0 Å². The topological polar surface area (TPSA) is 229 Å². The van der Waals surface area contributed by atoms with E-state index in [9.17, 15) is 15.5 Å². The van der Waals surface area contributed by atoms with Gasteiger partial charge in [0.1, 0.15) is 0 Å². The van der Waals surface area contributed by atoms with Crippen molar-refractivity contribution in [1.82, 2.24) is 0 Å². The maximum absolute atomic E-state index is 10.1. The molecular formula is CF4O12S4. The summed E-state index contributed by atoms with van der Waals surface area (Å²) >= 11 is 0. The van der Waals surface area contributed by atoms with E-state index in [1.807, 2.05) is 0 Å². The molecule has 0 aliphatic carbocycles. The number of halogens is 4. The molecule has 0 rings (SSSR count). The summed E-state index contributed by atoms with van der Waals surface area (Å²) < 4.78 is 141. The van der Waals surface area contributed by atoms with Crippen LogP contribution >= 0.6 is 0 Å². The Balaban J connectivity index is -0.0000000533. The molecular weight excluding hydrogens is 408 g/mol. The van der Waals surface area contributed by atoms with E-state index in [2.05, 4.69) is 0 Å². The second-order valence-electron chi connectivity index (χ2n) is 1.57. The Kier molecular flexibility index (Phi) is 18.4. The molecule has 0 aromatic rings. The van der Waals surface area contributed by atoms with Crippen LogP contribution in [0.4, 0.5) is 15.5 Å². The van der Waals surface area contributed by atoms with Gasteiger partial charge in [0.15, 0.2) is 0 Å². The van der Waals surface area contributed by atoms with E-state index >= 15 is 0 Å². The Morgan fingerprint density at radius 2 is 0.429 bits per heavy atom. The molecule has 0 N–H and O–H groups in total. The molecule has 0 atom stereocenters. The van der Waals surface area contributed by atoms with E-state index in [4.69, 9.17) is 51.9 Å². The van der Waals surface area contributed by atoms with E-state index in [1.54, 1.807) is 0 Å². The molecule has 0 aromatic heterocycles. The maximum Gasteiger partial charge on any atom is 4.00 e. The molecule has 0 aliphatic heterocycles. The second-order valence-corrected chi connectivity index (χ2v) is 4.72. The average molecular weight is 408 g/mol. The van der Waals surface area contributed by atoms with Crippen LogP contribution in [0.25, 0.3) is 0 Å². The van der Waals surface area contributed by atoms with Crippen molar-refractivity contribution < 1.29 is 67.4 Å². The molecule has 128 valence electrons. The fourth-order valence-corrected chi connectivity index (χ4v) is 0. The van der Waals surface area contributed by atoms with Crippen LogP contribution in [-0.4, -0.2) is 51.9 Å². The molecule has 0 amide bonds. The molecule has 0 fully saturated rings. The summed E-state index contributed by atoms with van der Waals surface area (Å²) in [5.74, 6) is 0. The molecule has 0 radical (unpaired) electrons.